The summed E-state index contributed by atoms with van der Waals surface area (Å²) in [6, 6.07) is 20.0. The number of rotatable bonds is 12. The third kappa shape index (κ3) is 6.77. The van der Waals surface area contributed by atoms with Crippen molar-refractivity contribution in [3.63, 3.8) is 0 Å². The molecule has 3 rings (SSSR count). The van der Waals surface area contributed by atoms with Crippen molar-refractivity contribution in [1.82, 2.24) is 10.3 Å². The Labute approximate surface area is 183 Å². The fraction of sp³-hybridized carbons (Fsp3) is 0.360. The number of nitrogens with one attached hydrogen (secondary N) is 1. The van der Waals surface area contributed by atoms with Crippen molar-refractivity contribution in [3.8, 4) is 22.6 Å². The van der Waals surface area contributed by atoms with Crippen molar-refractivity contribution >= 4 is 17.7 Å². The molecule has 0 aliphatic heterocycles. The summed E-state index contributed by atoms with van der Waals surface area (Å²) in [4.78, 5) is 16.9. The maximum atomic E-state index is 12.2. The molecule has 0 aliphatic rings. The van der Waals surface area contributed by atoms with E-state index in [1.54, 1.807) is 0 Å². The second kappa shape index (κ2) is 12.2. The molecule has 0 aliphatic carbocycles. The van der Waals surface area contributed by atoms with E-state index in [1.165, 1.54) is 43.9 Å². The summed E-state index contributed by atoms with van der Waals surface area (Å²) in [6.07, 6.45) is 7.31. The molecule has 0 spiro atoms. The molecule has 5 heteroatoms. The largest absolute Gasteiger partial charge is 0.431 e. The van der Waals surface area contributed by atoms with E-state index < -0.39 is 0 Å². The summed E-state index contributed by atoms with van der Waals surface area (Å²) in [6.45, 7) is 2.96. The molecule has 1 amide bonds. The summed E-state index contributed by atoms with van der Waals surface area (Å²) < 4.78 is 6.06. The molecule has 1 heterocycles. The SMILES string of the molecule is CCCCCCCCNC(=O)CSc1nc(-c2ccccc2)c(-c2ccccc2)o1. The number of aromatic nitrogens is 1. The first-order chi connectivity index (χ1) is 14.8. The second-order valence-electron chi connectivity index (χ2n) is 7.30. The zero-order chi connectivity index (χ0) is 21.0. The molecule has 0 atom stereocenters. The lowest BCUT2D eigenvalue weighted by atomic mass is 10.1. The van der Waals surface area contributed by atoms with Crippen LogP contribution in [0.1, 0.15) is 45.4 Å². The van der Waals surface area contributed by atoms with Crippen molar-refractivity contribution in [3.05, 3.63) is 60.7 Å². The van der Waals surface area contributed by atoms with Gasteiger partial charge in [0.05, 0.1) is 5.75 Å². The van der Waals surface area contributed by atoms with Gasteiger partial charge in [-0.25, -0.2) is 4.98 Å². The number of amides is 1. The standard InChI is InChI=1S/C25H30N2O2S/c1-2-3-4-5-6-13-18-26-22(28)19-30-25-27-23(20-14-9-7-10-15-20)24(29-25)21-16-11-8-12-17-21/h7-12,14-17H,2-6,13,18-19H2,1H3,(H,26,28). The average molecular weight is 423 g/mol. The van der Waals surface area contributed by atoms with Gasteiger partial charge in [-0.15, -0.1) is 0 Å². The number of carbonyl (C=O) groups is 1. The van der Waals surface area contributed by atoms with Crippen molar-refractivity contribution in [2.24, 2.45) is 0 Å². The van der Waals surface area contributed by atoms with Crippen LogP contribution in [-0.2, 0) is 4.79 Å². The van der Waals surface area contributed by atoms with Crippen LogP contribution in [0.3, 0.4) is 0 Å². The van der Waals surface area contributed by atoms with Crippen LogP contribution >= 0.6 is 11.8 Å². The van der Waals surface area contributed by atoms with Crippen LogP contribution in [0.2, 0.25) is 0 Å². The molecular formula is C25H30N2O2S. The van der Waals surface area contributed by atoms with Crippen molar-refractivity contribution in [1.29, 1.82) is 0 Å². The van der Waals surface area contributed by atoms with E-state index >= 15 is 0 Å². The molecule has 1 N–H and O–H groups in total. The monoisotopic (exact) mass is 422 g/mol. The highest BCUT2D eigenvalue weighted by Gasteiger charge is 2.17. The van der Waals surface area contributed by atoms with Crippen molar-refractivity contribution < 1.29 is 9.21 Å². The summed E-state index contributed by atoms with van der Waals surface area (Å²) in [5.41, 5.74) is 2.78. The molecule has 0 saturated carbocycles. The van der Waals surface area contributed by atoms with E-state index in [0.717, 1.165) is 35.5 Å². The van der Waals surface area contributed by atoms with Gasteiger partial charge in [-0.2, -0.15) is 0 Å². The highest BCUT2D eigenvalue weighted by molar-refractivity contribution is 7.99. The number of hydrogen-bond acceptors (Lipinski definition) is 4. The summed E-state index contributed by atoms with van der Waals surface area (Å²) in [7, 11) is 0. The minimum absolute atomic E-state index is 0.0225. The Hall–Kier alpha value is -2.53. The lowest BCUT2D eigenvalue weighted by molar-refractivity contribution is -0.118. The van der Waals surface area contributed by atoms with Crippen LogP contribution in [0.15, 0.2) is 70.3 Å². The lowest BCUT2D eigenvalue weighted by Gasteiger charge is -2.04. The normalized spacial score (nSPS) is 10.8. The first kappa shape index (κ1) is 22.2. The molecule has 0 radical (unpaired) electrons. The Morgan fingerprint density at radius 2 is 1.53 bits per heavy atom. The van der Waals surface area contributed by atoms with E-state index in [1.807, 2.05) is 60.7 Å². The minimum atomic E-state index is 0.0225. The van der Waals surface area contributed by atoms with Gasteiger partial charge in [0.15, 0.2) is 5.76 Å². The van der Waals surface area contributed by atoms with Gasteiger partial charge in [0.2, 0.25) is 5.91 Å². The number of nitrogens with zero attached hydrogens (tertiary/aromatic N) is 1. The van der Waals surface area contributed by atoms with Crippen LogP contribution in [-0.4, -0.2) is 23.2 Å². The Morgan fingerprint density at radius 3 is 2.23 bits per heavy atom. The van der Waals surface area contributed by atoms with Gasteiger partial charge in [-0.3, -0.25) is 4.79 Å². The molecule has 0 unspecified atom stereocenters. The topological polar surface area (TPSA) is 55.1 Å². The van der Waals surface area contributed by atoms with Crippen molar-refractivity contribution in [2.45, 2.75) is 50.7 Å². The van der Waals surface area contributed by atoms with Gasteiger partial charge in [0.25, 0.3) is 5.22 Å². The average Bonchev–Trinajstić information content (AvgIpc) is 3.23. The Morgan fingerprint density at radius 1 is 0.900 bits per heavy atom. The van der Waals surface area contributed by atoms with Crippen LogP contribution in [0.5, 0.6) is 0 Å². The first-order valence-electron chi connectivity index (χ1n) is 10.8. The van der Waals surface area contributed by atoms with Crippen molar-refractivity contribution in [2.75, 3.05) is 12.3 Å². The number of oxazole rings is 1. The van der Waals surface area contributed by atoms with Crippen LogP contribution in [0.25, 0.3) is 22.6 Å². The minimum Gasteiger partial charge on any atom is -0.431 e. The molecule has 158 valence electrons. The highest BCUT2D eigenvalue weighted by Crippen LogP contribution is 2.35. The van der Waals surface area contributed by atoms with E-state index in [9.17, 15) is 4.79 Å². The molecule has 3 aromatic rings. The van der Waals surface area contributed by atoms with Crippen LogP contribution < -0.4 is 5.32 Å². The van der Waals surface area contributed by atoms with Crippen LogP contribution in [0.4, 0.5) is 0 Å². The molecular weight excluding hydrogens is 392 g/mol. The quantitative estimate of drug-likeness (QED) is 0.265. The number of thioether (sulfide) groups is 1. The molecule has 30 heavy (non-hydrogen) atoms. The zero-order valence-corrected chi connectivity index (χ0v) is 18.4. The van der Waals surface area contributed by atoms with Gasteiger partial charge >= 0.3 is 0 Å². The van der Waals surface area contributed by atoms with Crippen LogP contribution in [0, 0.1) is 0 Å². The number of benzene rings is 2. The Balaban J connectivity index is 1.56. The number of unbranched alkanes of at least 4 members (excludes halogenated alkanes) is 5. The fourth-order valence-electron chi connectivity index (χ4n) is 3.25. The smallest absolute Gasteiger partial charge is 0.257 e. The summed E-state index contributed by atoms with van der Waals surface area (Å²) >= 11 is 1.34. The van der Waals surface area contributed by atoms with E-state index in [4.69, 9.17) is 4.42 Å². The third-order valence-corrected chi connectivity index (χ3v) is 5.70. The van der Waals surface area contributed by atoms with E-state index in [2.05, 4.69) is 17.2 Å². The van der Waals surface area contributed by atoms with E-state index in [0.29, 0.717) is 11.0 Å². The summed E-state index contributed by atoms with van der Waals surface area (Å²) in [5, 5.41) is 3.52. The first-order valence-corrected chi connectivity index (χ1v) is 11.8. The fourth-order valence-corrected chi connectivity index (χ4v) is 3.91. The molecule has 2 aromatic carbocycles. The molecule has 0 bridgehead atoms. The molecule has 0 saturated heterocycles. The third-order valence-electron chi connectivity index (χ3n) is 4.87. The Kier molecular flexibility index (Phi) is 9.04. The summed E-state index contributed by atoms with van der Waals surface area (Å²) in [5.74, 6) is 1.06. The maximum Gasteiger partial charge on any atom is 0.257 e. The molecule has 1 aromatic heterocycles. The second-order valence-corrected chi connectivity index (χ2v) is 8.22. The number of carbonyl (C=O) groups excluding carboxylic acids is 1. The van der Waals surface area contributed by atoms with E-state index in [-0.39, 0.29) is 5.91 Å². The zero-order valence-electron chi connectivity index (χ0n) is 17.6. The van der Waals surface area contributed by atoms with Gasteiger partial charge < -0.3 is 9.73 Å². The van der Waals surface area contributed by atoms with Gasteiger partial charge in [0, 0.05) is 17.7 Å². The Bertz CT molecular complexity index is 837. The molecule has 0 fully saturated rings. The predicted octanol–water partition coefficient (Wildman–Crippen LogP) is 6.58. The number of hydrogen-bond donors (Lipinski definition) is 1. The highest BCUT2D eigenvalue weighted by atomic mass is 32.2. The van der Waals surface area contributed by atoms with Gasteiger partial charge in [-0.1, -0.05) is 111 Å². The predicted molar refractivity (Wildman–Crippen MR) is 124 cm³/mol. The molecule has 4 nitrogen and oxygen atoms in total. The van der Waals surface area contributed by atoms with Gasteiger partial charge in [-0.05, 0) is 6.42 Å². The lowest BCUT2D eigenvalue weighted by Crippen LogP contribution is -2.26. The maximum absolute atomic E-state index is 12.2. The van der Waals surface area contributed by atoms with Gasteiger partial charge in [0.1, 0.15) is 5.69 Å².